The van der Waals surface area contributed by atoms with E-state index in [2.05, 4.69) is 0 Å². The molecule has 0 aliphatic heterocycles. The Bertz CT molecular complexity index is 374. The number of hydrogen-bond donors (Lipinski definition) is 0. The summed E-state index contributed by atoms with van der Waals surface area (Å²) in [6.07, 6.45) is 12.4. The molecule has 0 aliphatic carbocycles. The van der Waals surface area contributed by atoms with Crippen molar-refractivity contribution in [3.8, 4) is 0 Å². The number of aldehydes is 1. The van der Waals surface area contributed by atoms with Crippen LogP contribution in [0.5, 0.6) is 0 Å². The zero-order valence-corrected chi connectivity index (χ0v) is 15.6. The molecule has 0 amide bonds. The minimum Gasteiger partial charge on any atom is -0.303 e. The second-order valence-electron chi connectivity index (χ2n) is 6.84. The number of carbonyl (C=O) groups is 1. The molecule has 0 atom stereocenters. The highest BCUT2D eigenvalue weighted by atomic mass is 16.7. The van der Waals surface area contributed by atoms with Crippen LogP contribution < -0.4 is 0 Å². The molecule has 0 unspecified atom stereocenters. The molecule has 0 saturated heterocycles. The molecule has 0 spiro atoms. The Hall–Kier alpha value is -1.53. The Morgan fingerprint density at radius 2 is 1.12 bits per heavy atom. The van der Waals surface area contributed by atoms with Crippen LogP contribution in [0.2, 0.25) is 0 Å². The standard InChI is InChI=1S/C18H34N2O5/c1-2-3-4-12-15-18(19(22)23,20(24)25)16-13-10-8-6-5-7-9-11-14-17-21/h17H,2-16H2,1H3. The average Bonchev–Trinajstić information content (AvgIpc) is 2.57. The van der Waals surface area contributed by atoms with Crippen LogP contribution in [0.4, 0.5) is 0 Å². The number of nitrogens with zero attached hydrogens (tertiary/aromatic N) is 2. The Morgan fingerprint density at radius 1 is 0.720 bits per heavy atom. The van der Waals surface area contributed by atoms with E-state index in [0.29, 0.717) is 19.3 Å². The number of carbonyl (C=O) groups excluding carboxylic acids is 1. The van der Waals surface area contributed by atoms with Gasteiger partial charge < -0.3 is 4.79 Å². The summed E-state index contributed by atoms with van der Waals surface area (Å²) in [7, 11) is 0. The van der Waals surface area contributed by atoms with Crippen LogP contribution in [0, 0.1) is 20.2 Å². The smallest absolute Gasteiger partial charge is 0.303 e. The highest BCUT2D eigenvalue weighted by Gasteiger charge is 2.54. The summed E-state index contributed by atoms with van der Waals surface area (Å²) in [4.78, 5) is 31.6. The number of hydrogen-bond acceptors (Lipinski definition) is 5. The van der Waals surface area contributed by atoms with E-state index in [9.17, 15) is 25.0 Å². The average molecular weight is 358 g/mol. The summed E-state index contributed by atoms with van der Waals surface area (Å²) < 4.78 is 0. The SMILES string of the molecule is CCCCCCC(CCCCCCCCCCC=O)([N+](=O)[O-])[N+](=O)[O-]. The van der Waals surface area contributed by atoms with Gasteiger partial charge in [-0.1, -0.05) is 64.7 Å². The van der Waals surface area contributed by atoms with Crippen molar-refractivity contribution in [2.75, 3.05) is 0 Å². The molecular weight excluding hydrogens is 324 g/mol. The van der Waals surface area contributed by atoms with Gasteiger partial charge in [-0.15, -0.1) is 0 Å². The van der Waals surface area contributed by atoms with E-state index in [1.165, 1.54) is 0 Å². The first-order valence-corrected chi connectivity index (χ1v) is 9.74. The molecule has 0 saturated carbocycles. The lowest BCUT2D eigenvalue weighted by Gasteiger charge is -2.17. The van der Waals surface area contributed by atoms with Crippen molar-refractivity contribution < 1.29 is 14.6 Å². The van der Waals surface area contributed by atoms with E-state index < -0.39 is 15.5 Å². The molecule has 7 nitrogen and oxygen atoms in total. The molecule has 0 fully saturated rings. The van der Waals surface area contributed by atoms with Gasteiger partial charge in [0.15, 0.2) is 0 Å². The van der Waals surface area contributed by atoms with Crippen LogP contribution in [0.15, 0.2) is 0 Å². The molecule has 0 aliphatic rings. The summed E-state index contributed by atoms with van der Waals surface area (Å²) in [5.41, 5.74) is -2.00. The predicted octanol–water partition coefficient (Wildman–Crippen LogP) is 5.31. The van der Waals surface area contributed by atoms with Crippen LogP contribution in [0.1, 0.15) is 103 Å². The summed E-state index contributed by atoms with van der Waals surface area (Å²) >= 11 is 0. The molecular formula is C18H34N2O5. The topological polar surface area (TPSA) is 103 Å². The molecule has 0 bridgehead atoms. The largest absolute Gasteiger partial charge is 0.458 e. The number of nitro groups is 2. The fourth-order valence-corrected chi connectivity index (χ4v) is 3.09. The molecule has 0 N–H and O–H groups in total. The fraction of sp³-hybridized carbons (Fsp3) is 0.944. The lowest BCUT2D eigenvalue weighted by molar-refractivity contribution is -0.799. The second kappa shape index (κ2) is 14.8. The maximum atomic E-state index is 11.4. The van der Waals surface area contributed by atoms with Gasteiger partial charge in [0.25, 0.3) is 0 Å². The third-order valence-electron chi connectivity index (χ3n) is 4.76. The molecule has 0 aromatic carbocycles. The minimum absolute atomic E-state index is 0.0262. The first-order valence-electron chi connectivity index (χ1n) is 9.74. The van der Waals surface area contributed by atoms with Gasteiger partial charge in [0.2, 0.25) is 0 Å². The minimum atomic E-state index is -2.00. The van der Waals surface area contributed by atoms with Gasteiger partial charge >= 0.3 is 5.66 Å². The van der Waals surface area contributed by atoms with Crippen molar-refractivity contribution in [2.24, 2.45) is 0 Å². The summed E-state index contributed by atoms with van der Waals surface area (Å²) in [6.45, 7) is 2.04. The van der Waals surface area contributed by atoms with Crippen LogP contribution >= 0.6 is 0 Å². The van der Waals surface area contributed by atoms with E-state index in [0.717, 1.165) is 70.5 Å². The summed E-state index contributed by atoms with van der Waals surface area (Å²) in [6, 6.07) is 0. The van der Waals surface area contributed by atoms with Crippen molar-refractivity contribution in [1.29, 1.82) is 0 Å². The lowest BCUT2D eigenvalue weighted by Crippen LogP contribution is -2.46. The van der Waals surface area contributed by atoms with Crippen molar-refractivity contribution in [3.05, 3.63) is 20.2 Å². The van der Waals surface area contributed by atoms with Crippen molar-refractivity contribution >= 4 is 6.29 Å². The lowest BCUT2D eigenvalue weighted by atomic mass is 9.95. The van der Waals surface area contributed by atoms with Gasteiger partial charge in [0, 0.05) is 6.42 Å². The zero-order valence-electron chi connectivity index (χ0n) is 15.6. The van der Waals surface area contributed by atoms with Gasteiger partial charge in [-0.2, -0.15) is 0 Å². The van der Waals surface area contributed by atoms with Crippen molar-refractivity contribution in [1.82, 2.24) is 0 Å². The van der Waals surface area contributed by atoms with Crippen LogP contribution in [-0.2, 0) is 4.79 Å². The second-order valence-corrected chi connectivity index (χ2v) is 6.84. The van der Waals surface area contributed by atoms with Crippen molar-refractivity contribution in [2.45, 2.75) is 109 Å². The van der Waals surface area contributed by atoms with E-state index in [1.807, 2.05) is 6.92 Å². The van der Waals surface area contributed by atoms with E-state index in [-0.39, 0.29) is 12.8 Å². The normalized spacial score (nSPS) is 11.4. The quantitative estimate of drug-likeness (QED) is 0.109. The zero-order chi connectivity index (χ0) is 19.0. The Balaban J connectivity index is 4.07. The molecule has 0 heterocycles. The van der Waals surface area contributed by atoms with E-state index in [4.69, 9.17) is 0 Å². The van der Waals surface area contributed by atoms with Gasteiger partial charge in [0.1, 0.15) is 6.29 Å². The van der Waals surface area contributed by atoms with E-state index in [1.54, 1.807) is 0 Å². The number of unbranched alkanes of at least 4 members (excludes halogenated alkanes) is 11. The Kier molecular flexibility index (Phi) is 13.9. The molecule has 0 aromatic heterocycles. The van der Waals surface area contributed by atoms with Gasteiger partial charge in [-0.05, 0) is 19.3 Å². The molecule has 0 aromatic rings. The molecule has 146 valence electrons. The fourth-order valence-electron chi connectivity index (χ4n) is 3.09. The first-order chi connectivity index (χ1) is 12.0. The highest BCUT2D eigenvalue weighted by molar-refractivity contribution is 5.48. The third kappa shape index (κ3) is 10.1. The molecule has 0 radical (unpaired) electrons. The first kappa shape index (κ1) is 23.5. The van der Waals surface area contributed by atoms with Crippen LogP contribution in [-0.4, -0.2) is 21.8 Å². The van der Waals surface area contributed by atoms with Gasteiger partial charge in [-0.25, -0.2) is 0 Å². The Labute approximate surface area is 150 Å². The van der Waals surface area contributed by atoms with E-state index >= 15 is 0 Å². The molecule has 7 heteroatoms. The molecule has 0 rings (SSSR count). The maximum Gasteiger partial charge on any atom is 0.458 e. The third-order valence-corrected chi connectivity index (χ3v) is 4.76. The maximum absolute atomic E-state index is 11.4. The molecule has 25 heavy (non-hydrogen) atoms. The summed E-state index contributed by atoms with van der Waals surface area (Å²) in [5, 5.41) is 22.7. The van der Waals surface area contributed by atoms with Gasteiger partial charge in [0.05, 0.1) is 22.7 Å². The number of rotatable bonds is 18. The predicted molar refractivity (Wildman–Crippen MR) is 97.7 cm³/mol. The Morgan fingerprint density at radius 3 is 1.52 bits per heavy atom. The monoisotopic (exact) mass is 358 g/mol. The van der Waals surface area contributed by atoms with Crippen LogP contribution in [0.3, 0.4) is 0 Å². The van der Waals surface area contributed by atoms with Crippen molar-refractivity contribution in [3.63, 3.8) is 0 Å². The van der Waals surface area contributed by atoms with Gasteiger partial charge in [-0.3, -0.25) is 20.2 Å². The summed E-state index contributed by atoms with van der Waals surface area (Å²) in [5.74, 6) is 0. The van der Waals surface area contributed by atoms with Crippen LogP contribution in [0.25, 0.3) is 0 Å². The highest BCUT2D eigenvalue weighted by Crippen LogP contribution is 2.27.